The number of amides is 2. The van der Waals surface area contributed by atoms with E-state index in [9.17, 15) is 4.79 Å². The van der Waals surface area contributed by atoms with Crippen LogP contribution in [0.1, 0.15) is 11.4 Å². The van der Waals surface area contributed by atoms with E-state index < -0.39 is 0 Å². The van der Waals surface area contributed by atoms with Crippen molar-refractivity contribution in [1.29, 1.82) is 0 Å². The van der Waals surface area contributed by atoms with Gasteiger partial charge in [-0.15, -0.1) is 0 Å². The average molecular weight is 343 g/mol. The fraction of sp³-hybridized carbons (Fsp3) is 0.444. The predicted octanol–water partition coefficient (Wildman–Crippen LogP) is 1.77. The van der Waals surface area contributed by atoms with Gasteiger partial charge in [-0.25, -0.2) is 4.79 Å². The van der Waals surface area contributed by atoms with Crippen LogP contribution in [0.3, 0.4) is 0 Å². The van der Waals surface area contributed by atoms with E-state index >= 15 is 0 Å². The number of hydrogen-bond donors (Lipinski definition) is 1. The van der Waals surface area contributed by atoms with Crippen molar-refractivity contribution in [3.8, 4) is 5.75 Å². The van der Waals surface area contributed by atoms with E-state index in [0.717, 1.165) is 35.9 Å². The topological polar surface area (TPSA) is 62.6 Å². The second kappa shape index (κ2) is 7.46. The van der Waals surface area contributed by atoms with Gasteiger partial charge >= 0.3 is 6.03 Å². The first-order valence-corrected chi connectivity index (χ1v) is 8.48. The average Bonchev–Trinajstić information content (AvgIpc) is 2.97. The molecular formula is C18H25N5O2. The quantitative estimate of drug-likeness (QED) is 0.919. The molecule has 0 unspecified atom stereocenters. The lowest BCUT2D eigenvalue weighted by molar-refractivity contribution is 0.193. The van der Waals surface area contributed by atoms with Crippen LogP contribution in [0.5, 0.6) is 5.75 Å². The predicted molar refractivity (Wildman–Crippen MR) is 97.0 cm³/mol. The number of carbonyl (C=O) groups excluding carboxylic acids is 1. The number of aromatic nitrogens is 2. The highest BCUT2D eigenvalue weighted by Crippen LogP contribution is 2.28. The van der Waals surface area contributed by atoms with Crippen molar-refractivity contribution in [2.45, 2.75) is 13.5 Å². The summed E-state index contributed by atoms with van der Waals surface area (Å²) in [5, 5.41) is 7.28. The van der Waals surface area contributed by atoms with Crippen LogP contribution in [0, 0.1) is 6.92 Å². The summed E-state index contributed by atoms with van der Waals surface area (Å²) in [5.74, 6) is 0.868. The number of piperazine rings is 1. The van der Waals surface area contributed by atoms with E-state index in [4.69, 9.17) is 4.74 Å². The van der Waals surface area contributed by atoms with Gasteiger partial charge in [0.2, 0.25) is 0 Å². The number of para-hydroxylation sites is 2. The Labute approximate surface area is 148 Å². The van der Waals surface area contributed by atoms with E-state index in [0.29, 0.717) is 19.6 Å². The van der Waals surface area contributed by atoms with Gasteiger partial charge in [0.05, 0.1) is 30.7 Å². The number of methoxy groups -OCH3 is 1. The Balaban J connectivity index is 1.53. The highest BCUT2D eigenvalue weighted by atomic mass is 16.5. The number of carbonyl (C=O) groups is 1. The lowest BCUT2D eigenvalue weighted by atomic mass is 10.2. The monoisotopic (exact) mass is 343 g/mol. The fourth-order valence-corrected chi connectivity index (χ4v) is 3.15. The number of nitrogens with one attached hydrogen (secondary N) is 1. The lowest BCUT2D eigenvalue weighted by Crippen LogP contribution is -2.51. The van der Waals surface area contributed by atoms with Crippen molar-refractivity contribution in [2.24, 2.45) is 7.05 Å². The minimum atomic E-state index is -0.0291. The third-order valence-electron chi connectivity index (χ3n) is 4.51. The molecule has 134 valence electrons. The molecule has 1 N–H and O–H groups in total. The summed E-state index contributed by atoms with van der Waals surface area (Å²) >= 11 is 0. The number of rotatable bonds is 4. The Morgan fingerprint density at radius 1 is 1.24 bits per heavy atom. The molecule has 0 aliphatic carbocycles. The molecule has 1 aromatic heterocycles. The molecule has 0 saturated carbocycles. The zero-order valence-corrected chi connectivity index (χ0v) is 15.0. The number of urea groups is 1. The Hall–Kier alpha value is -2.70. The van der Waals surface area contributed by atoms with Gasteiger partial charge in [0, 0.05) is 33.2 Å². The van der Waals surface area contributed by atoms with Gasteiger partial charge in [0.1, 0.15) is 5.75 Å². The molecule has 1 saturated heterocycles. The summed E-state index contributed by atoms with van der Waals surface area (Å²) in [4.78, 5) is 16.5. The smallest absolute Gasteiger partial charge is 0.317 e. The Bertz CT molecular complexity index is 735. The van der Waals surface area contributed by atoms with Crippen LogP contribution in [0.4, 0.5) is 10.5 Å². The largest absolute Gasteiger partial charge is 0.495 e. The molecule has 1 aliphatic heterocycles. The van der Waals surface area contributed by atoms with E-state index in [-0.39, 0.29) is 6.03 Å². The molecule has 1 fully saturated rings. The maximum atomic E-state index is 12.4. The molecule has 0 radical (unpaired) electrons. The van der Waals surface area contributed by atoms with E-state index in [2.05, 4.69) is 21.4 Å². The minimum Gasteiger partial charge on any atom is -0.495 e. The Kier molecular flexibility index (Phi) is 5.11. The van der Waals surface area contributed by atoms with Crippen LogP contribution >= 0.6 is 0 Å². The van der Waals surface area contributed by atoms with Gasteiger partial charge in [-0.2, -0.15) is 5.10 Å². The van der Waals surface area contributed by atoms with Gasteiger partial charge in [0.25, 0.3) is 0 Å². The van der Waals surface area contributed by atoms with Crippen molar-refractivity contribution in [3.05, 3.63) is 41.7 Å². The van der Waals surface area contributed by atoms with Crippen molar-refractivity contribution in [2.75, 3.05) is 38.2 Å². The number of anilines is 1. The van der Waals surface area contributed by atoms with Gasteiger partial charge in [-0.1, -0.05) is 12.1 Å². The summed E-state index contributed by atoms with van der Waals surface area (Å²) < 4.78 is 7.23. The van der Waals surface area contributed by atoms with Gasteiger partial charge in [-0.3, -0.25) is 4.68 Å². The molecule has 0 atom stereocenters. The van der Waals surface area contributed by atoms with Crippen LogP contribution in [-0.4, -0.2) is 54.0 Å². The van der Waals surface area contributed by atoms with Crippen LogP contribution < -0.4 is 15.0 Å². The first-order chi connectivity index (χ1) is 12.1. The zero-order chi connectivity index (χ0) is 17.8. The molecule has 2 amide bonds. The maximum Gasteiger partial charge on any atom is 0.317 e. The van der Waals surface area contributed by atoms with Crippen molar-refractivity contribution in [3.63, 3.8) is 0 Å². The third-order valence-corrected chi connectivity index (χ3v) is 4.51. The maximum absolute atomic E-state index is 12.4. The molecule has 7 nitrogen and oxygen atoms in total. The van der Waals surface area contributed by atoms with E-state index in [1.807, 2.05) is 43.1 Å². The summed E-state index contributed by atoms with van der Waals surface area (Å²) in [7, 11) is 3.57. The SMILES string of the molecule is COc1ccccc1N1CCN(C(=O)NCc2cc(C)nn2C)CC1. The summed E-state index contributed by atoms with van der Waals surface area (Å²) in [6.45, 7) is 5.39. The molecule has 25 heavy (non-hydrogen) atoms. The number of hydrogen-bond acceptors (Lipinski definition) is 4. The molecule has 1 aromatic carbocycles. The second-order valence-electron chi connectivity index (χ2n) is 6.21. The highest BCUT2D eigenvalue weighted by molar-refractivity contribution is 5.74. The van der Waals surface area contributed by atoms with Crippen LogP contribution in [0.15, 0.2) is 30.3 Å². The normalized spacial score (nSPS) is 14.5. The molecule has 0 bridgehead atoms. The van der Waals surface area contributed by atoms with Crippen LogP contribution in [0.25, 0.3) is 0 Å². The summed E-state index contributed by atoms with van der Waals surface area (Å²) in [6.07, 6.45) is 0. The number of aryl methyl sites for hydroxylation is 2. The van der Waals surface area contributed by atoms with Crippen molar-refractivity contribution in [1.82, 2.24) is 20.0 Å². The fourth-order valence-electron chi connectivity index (χ4n) is 3.15. The zero-order valence-electron chi connectivity index (χ0n) is 15.0. The minimum absolute atomic E-state index is 0.0291. The third kappa shape index (κ3) is 3.87. The molecule has 0 spiro atoms. The Morgan fingerprint density at radius 3 is 2.60 bits per heavy atom. The standard InChI is InChI=1S/C18H25N5O2/c1-14-12-15(21(2)20-14)13-19-18(24)23-10-8-22(9-11-23)16-6-4-5-7-17(16)25-3/h4-7,12H,8-11,13H2,1-3H3,(H,19,24). The highest BCUT2D eigenvalue weighted by Gasteiger charge is 2.22. The molecule has 3 rings (SSSR count). The number of ether oxygens (including phenoxy) is 1. The molecule has 2 heterocycles. The van der Waals surface area contributed by atoms with Crippen LogP contribution in [-0.2, 0) is 13.6 Å². The Morgan fingerprint density at radius 2 is 1.96 bits per heavy atom. The molecular weight excluding hydrogens is 318 g/mol. The summed E-state index contributed by atoms with van der Waals surface area (Å²) in [5.41, 5.74) is 3.03. The molecule has 1 aliphatic rings. The van der Waals surface area contributed by atoms with Gasteiger partial charge < -0.3 is 19.9 Å². The van der Waals surface area contributed by atoms with Gasteiger partial charge in [0.15, 0.2) is 0 Å². The van der Waals surface area contributed by atoms with Crippen LogP contribution in [0.2, 0.25) is 0 Å². The molecule has 7 heteroatoms. The first kappa shape index (κ1) is 17.1. The van der Waals surface area contributed by atoms with Gasteiger partial charge in [-0.05, 0) is 25.1 Å². The first-order valence-electron chi connectivity index (χ1n) is 8.48. The van der Waals surface area contributed by atoms with Crippen molar-refractivity contribution >= 4 is 11.7 Å². The van der Waals surface area contributed by atoms with E-state index in [1.54, 1.807) is 11.8 Å². The van der Waals surface area contributed by atoms with Crippen molar-refractivity contribution < 1.29 is 9.53 Å². The second-order valence-corrected chi connectivity index (χ2v) is 6.21. The number of nitrogens with zero attached hydrogens (tertiary/aromatic N) is 4. The molecule has 2 aromatic rings. The summed E-state index contributed by atoms with van der Waals surface area (Å²) in [6, 6.07) is 9.95. The number of benzene rings is 1. The lowest BCUT2D eigenvalue weighted by Gasteiger charge is -2.36. The van der Waals surface area contributed by atoms with E-state index in [1.165, 1.54) is 0 Å².